The zero-order valence-electron chi connectivity index (χ0n) is 13.4. The van der Waals surface area contributed by atoms with Crippen LogP contribution in [0.25, 0.3) is 11.1 Å². The van der Waals surface area contributed by atoms with Crippen molar-refractivity contribution >= 4 is 17.2 Å². The first-order chi connectivity index (χ1) is 9.76. The Hall–Kier alpha value is -1.61. The van der Waals surface area contributed by atoms with Crippen molar-refractivity contribution in [3.05, 3.63) is 45.6 Å². The summed E-state index contributed by atoms with van der Waals surface area (Å²) in [6, 6.07) is 10.4. The van der Waals surface area contributed by atoms with Gasteiger partial charge in [0.25, 0.3) is 5.91 Å². The molecule has 0 spiro atoms. The van der Waals surface area contributed by atoms with Crippen LogP contribution in [0.2, 0.25) is 0 Å². The van der Waals surface area contributed by atoms with E-state index in [1.807, 2.05) is 13.0 Å². The minimum Gasteiger partial charge on any atom is -0.351 e. The lowest BCUT2D eigenvalue weighted by molar-refractivity contribution is 0.0944. The van der Waals surface area contributed by atoms with Crippen LogP contribution >= 0.6 is 11.3 Å². The van der Waals surface area contributed by atoms with Crippen molar-refractivity contribution in [3.63, 3.8) is 0 Å². The van der Waals surface area contributed by atoms with E-state index in [-0.39, 0.29) is 11.3 Å². The average Bonchev–Trinajstić information content (AvgIpc) is 2.77. The van der Waals surface area contributed by atoms with Crippen molar-refractivity contribution in [1.29, 1.82) is 0 Å². The summed E-state index contributed by atoms with van der Waals surface area (Å²) in [6.07, 6.45) is 0. The molecule has 0 fully saturated rings. The monoisotopic (exact) mass is 301 g/mol. The second-order valence-electron chi connectivity index (χ2n) is 6.71. The fraction of sp³-hybridized carbons (Fsp3) is 0.389. The first-order valence-corrected chi connectivity index (χ1v) is 8.03. The lowest BCUT2D eigenvalue weighted by Crippen LogP contribution is -2.32. The Kier molecular flexibility index (Phi) is 4.52. The maximum absolute atomic E-state index is 12.5. The summed E-state index contributed by atoms with van der Waals surface area (Å²) in [5, 5.41) is 3.05. The van der Waals surface area contributed by atoms with E-state index >= 15 is 0 Å². The zero-order valence-corrected chi connectivity index (χ0v) is 14.2. The summed E-state index contributed by atoms with van der Waals surface area (Å²) < 4.78 is 0. The van der Waals surface area contributed by atoms with Gasteiger partial charge in [0.15, 0.2) is 0 Å². The molecule has 0 atom stereocenters. The molecule has 1 N–H and O–H groups in total. The molecule has 0 radical (unpaired) electrons. The topological polar surface area (TPSA) is 29.1 Å². The normalized spacial score (nSPS) is 11.5. The van der Waals surface area contributed by atoms with Gasteiger partial charge in [0.05, 0.1) is 4.88 Å². The van der Waals surface area contributed by atoms with Crippen LogP contribution in [-0.4, -0.2) is 12.5 Å². The van der Waals surface area contributed by atoms with Crippen LogP contribution in [0.3, 0.4) is 0 Å². The van der Waals surface area contributed by atoms with Crippen molar-refractivity contribution in [1.82, 2.24) is 5.32 Å². The molecular weight excluding hydrogens is 278 g/mol. The van der Waals surface area contributed by atoms with Gasteiger partial charge in [0.2, 0.25) is 0 Å². The molecule has 0 aliphatic carbocycles. The first kappa shape index (κ1) is 15.8. The van der Waals surface area contributed by atoms with Crippen LogP contribution in [0.1, 0.15) is 40.9 Å². The van der Waals surface area contributed by atoms with Gasteiger partial charge in [0.1, 0.15) is 0 Å². The Morgan fingerprint density at radius 2 is 1.90 bits per heavy atom. The van der Waals surface area contributed by atoms with E-state index in [0.717, 1.165) is 20.9 Å². The van der Waals surface area contributed by atoms with Gasteiger partial charge in [0, 0.05) is 17.0 Å². The predicted octanol–water partition coefficient (Wildman–Crippen LogP) is 4.81. The van der Waals surface area contributed by atoms with Gasteiger partial charge >= 0.3 is 0 Å². The number of benzene rings is 1. The number of hydrogen-bond acceptors (Lipinski definition) is 2. The van der Waals surface area contributed by atoms with Gasteiger partial charge < -0.3 is 5.32 Å². The minimum atomic E-state index is 0.0273. The van der Waals surface area contributed by atoms with Gasteiger partial charge in [-0.3, -0.25) is 4.79 Å². The van der Waals surface area contributed by atoms with Crippen molar-refractivity contribution in [3.8, 4) is 11.1 Å². The summed E-state index contributed by atoms with van der Waals surface area (Å²) in [6.45, 7) is 11.2. The SMILES string of the molecule is Cc1cccc(-c2cc(C)sc2C(=O)NCC(C)(C)C)c1. The Morgan fingerprint density at radius 3 is 2.52 bits per heavy atom. The third-order valence-electron chi connectivity index (χ3n) is 3.17. The second kappa shape index (κ2) is 6.02. The maximum atomic E-state index is 12.5. The fourth-order valence-corrected chi connectivity index (χ4v) is 3.09. The van der Waals surface area contributed by atoms with Crippen molar-refractivity contribution in [2.75, 3.05) is 6.54 Å². The van der Waals surface area contributed by atoms with Gasteiger partial charge in [-0.15, -0.1) is 11.3 Å². The van der Waals surface area contributed by atoms with Crippen LogP contribution in [-0.2, 0) is 0 Å². The Morgan fingerprint density at radius 1 is 1.19 bits per heavy atom. The Bertz CT molecular complexity index is 649. The van der Waals surface area contributed by atoms with E-state index in [2.05, 4.69) is 57.3 Å². The van der Waals surface area contributed by atoms with Crippen LogP contribution in [0.15, 0.2) is 30.3 Å². The molecule has 0 saturated carbocycles. The molecule has 2 rings (SSSR count). The molecule has 2 nitrogen and oxygen atoms in total. The molecule has 0 unspecified atom stereocenters. The largest absolute Gasteiger partial charge is 0.351 e. The zero-order chi connectivity index (χ0) is 15.6. The summed E-state index contributed by atoms with van der Waals surface area (Å²) in [5.74, 6) is 0.0273. The van der Waals surface area contributed by atoms with Crippen LogP contribution in [0.5, 0.6) is 0 Å². The molecule has 21 heavy (non-hydrogen) atoms. The molecule has 1 aromatic heterocycles. The smallest absolute Gasteiger partial charge is 0.262 e. The molecule has 0 saturated heterocycles. The number of carbonyl (C=O) groups is 1. The average molecular weight is 301 g/mol. The summed E-state index contributed by atoms with van der Waals surface area (Å²) in [5.41, 5.74) is 3.44. The molecule has 112 valence electrons. The third-order valence-corrected chi connectivity index (χ3v) is 4.22. The van der Waals surface area contributed by atoms with Crippen molar-refractivity contribution < 1.29 is 4.79 Å². The lowest BCUT2D eigenvalue weighted by atomic mass is 9.97. The number of carbonyl (C=O) groups excluding carboxylic acids is 1. The quantitative estimate of drug-likeness (QED) is 0.866. The Labute approximate surface area is 131 Å². The van der Waals surface area contributed by atoms with Gasteiger partial charge in [-0.05, 0) is 30.9 Å². The van der Waals surface area contributed by atoms with E-state index in [0.29, 0.717) is 6.54 Å². The van der Waals surface area contributed by atoms with Gasteiger partial charge in [-0.25, -0.2) is 0 Å². The van der Waals surface area contributed by atoms with Crippen LogP contribution in [0.4, 0.5) is 0 Å². The van der Waals surface area contributed by atoms with E-state index < -0.39 is 0 Å². The van der Waals surface area contributed by atoms with E-state index in [1.54, 1.807) is 11.3 Å². The highest BCUT2D eigenvalue weighted by Gasteiger charge is 2.18. The summed E-state index contributed by atoms with van der Waals surface area (Å²) in [4.78, 5) is 14.5. The van der Waals surface area contributed by atoms with E-state index in [4.69, 9.17) is 0 Å². The third kappa shape index (κ3) is 4.18. The number of hydrogen-bond donors (Lipinski definition) is 1. The van der Waals surface area contributed by atoms with Crippen LogP contribution in [0, 0.1) is 19.3 Å². The minimum absolute atomic E-state index is 0.0273. The molecular formula is C18H23NOS. The van der Waals surface area contributed by atoms with E-state index in [1.165, 1.54) is 5.56 Å². The molecule has 2 aromatic rings. The lowest BCUT2D eigenvalue weighted by Gasteiger charge is -2.18. The highest BCUT2D eigenvalue weighted by molar-refractivity contribution is 7.14. The number of thiophene rings is 1. The maximum Gasteiger partial charge on any atom is 0.262 e. The van der Waals surface area contributed by atoms with Gasteiger partial charge in [-0.2, -0.15) is 0 Å². The van der Waals surface area contributed by atoms with Crippen molar-refractivity contribution in [2.45, 2.75) is 34.6 Å². The molecule has 1 aromatic carbocycles. The number of nitrogens with one attached hydrogen (secondary N) is 1. The second-order valence-corrected chi connectivity index (χ2v) is 7.97. The van der Waals surface area contributed by atoms with Crippen LogP contribution < -0.4 is 5.32 Å². The summed E-state index contributed by atoms with van der Waals surface area (Å²) >= 11 is 1.56. The molecule has 0 aliphatic heterocycles. The fourth-order valence-electron chi connectivity index (χ4n) is 2.14. The number of amides is 1. The molecule has 3 heteroatoms. The molecule has 0 bridgehead atoms. The number of rotatable bonds is 3. The molecule has 1 heterocycles. The highest BCUT2D eigenvalue weighted by atomic mass is 32.1. The summed E-state index contributed by atoms with van der Waals surface area (Å²) in [7, 11) is 0. The van der Waals surface area contributed by atoms with E-state index in [9.17, 15) is 4.79 Å². The predicted molar refractivity (Wildman–Crippen MR) is 91.0 cm³/mol. The first-order valence-electron chi connectivity index (χ1n) is 7.22. The number of aryl methyl sites for hydroxylation is 2. The molecule has 0 aliphatic rings. The molecule has 1 amide bonds. The highest BCUT2D eigenvalue weighted by Crippen LogP contribution is 2.31. The Balaban J connectivity index is 2.31. The van der Waals surface area contributed by atoms with Crippen molar-refractivity contribution in [2.24, 2.45) is 5.41 Å². The standard InChI is InChI=1S/C18H23NOS/c1-12-7-6-8-14(9-12)15-10-13(2)21-16(15)17(20)19-11-18(3,4)5/h6-10H,11H2,1-5H3,(H,19,20). The van der Waals surface area contributed by atoms with Gasteiger partial charge in [-0.1, -0.05) is 50.6 Å².